The third-order valence-corrected chi connectivity index (χ3v) is 10.6. The molecule has 8 nitrogen and oxygen atoms in total. The molecule has 0 bridgehead atoms. The van der Waals surface area contributed by atoms with Crippen molar-refractivity contribution in [2.75, 3.05) is 0 Å². The molecule has 9 atom stereocenters. The summed E-state index contributed by atoms with van der Waals surface area (Å²) in [7, 11) is 0. The van der Waals surface area contributed by atoms with Crippen LogP contribution in [0.25, 0.3) is 0 Å². The van der Waals surface area contributed by atoms with E-state index in [-0.39, 0.29) is 17.6 Å². The second-order valence-corrected chi connectivity index (χ2v) is 13.0. The lowest BCUT2D eigenvalue weighted by Crippen LogP contribution is -2.70. The van der Waals surface area contributed by atoms with Gasteiger partial charge in [-0.2, -0.15) is 0 Å². The molecule has 5 rings (SSSR count). The summed E-state index contributed by atoms with van der Waals surface area (Å²) in [6.45, 7) is 12.8. The smallest absolute Gasteiger partial charge is 0.333 e. The lowest BCUT2D eigenvalue weighted by Gasteiger charge is -2.67. The first-order chi connectivity index (χ1) is 17.6. The Hall–Kier alpha value is -2.74. The molecule has 0 spiro atoms. The topological polar surface area (TPSA) is 116 Å². The standard InChI is InChI=1S/C30H38O8/c1-15(31)36-23-24-27(3,4)21(33)11-13-29(24,6)20-10-12-28(5)18(17-14-22(34)38-26(17)35)8-9-19(28)30(20,7)25(23)37-16(2)32/h9,11,13-14,18,20,23-26,35H,8,10,12H2,1-7H3. The molecule has 0 aromatic rings. The second-order valence-electron chi connectivity index (χ2n) is 13.0. The number of aliphatic hydroxyl groups is 1. The number of ether oxygens (including phenoxy) is 3. The highest BCUT2D eigenvalue weighted by Crippen LogP contribution is 2.72. The van der Waals surface area contributed by atoms with Gasteiger partial charge >= 0.3 is 17.9 Å². The Morgan fingerprint density at radius 1 is 1.05 bits per heavy atom. The normalized spacial score (nSPS) is 44.7. The van der Waals surface area contributed by atoms with Crippen LogP contribution in [0.4, 0.5) is 0 Å². The van der Waals surface area contributed by atoms with Crippen molar-refractivity contribution in [1.82, 2.24) is 0 Å². The maximum Gasteiger partial charge on any atom is 0.333 e. The Kier molecular flexibility index (Phi) is 5.92. The van der Waals surface area contributed by atoms with Crippen LogP contribution in [0.1, 0.15) is 67.7 Å². The first-order valence-electron chi connectivity index (χ1n) is 13.5. The van der Waals surface area contributed by atoms with E-state index in [9.17, 15) is 24.3 Å². The average molecular weight is 527 g/mol. The van der Waals surface area contributed by atoms with Gasteiger partial charge in [-0.1, -0.05) is 52.3 Å². The van der Waals surface area contributed by atoms with Gasteiger partial charge in [0.05, 0.1) is 0 Å². The zero-order valence-electron chi connectivity index (χ0n) is 23.2. The van der Waals surface area contributed by atoms with Gasteiger partial charge in [0, 0.05) is 42.2 Å². The Morgan fingerprint density at radius 2 is 1.71 bits per heavy atom. The van der Waals surface area contributed by atoms with Crippen LogP contribution >= 0.6 is 0 Å². The third kappa shape index (κ3) is 3.44. The van der Waals surface area contributed by atoms with Gasteiger partial charge < -0.3 is 19.3 Å². The minimum Gasteiger partial charge on any atom is -0.458 e. The molecule has 5 aliphatic rings. The highest BCUT2D eigenvalue weighted by atomic mass is 16.6. The van der Waals surface area contributed by atoms with Crippen molar-refractivity contribution in [1.29, 1.82) is 0 Å². The summed E-state index contributed by atoms with van der Waals surface area (Å²) < 4.78 is 17.2. The summed E-state index contributed by atoms with van der Waals surface area (Å²) in [5.74, 6) is -2.18. The van der Waals surface area contributed by atoms with Gasteiger partial charge in [0.25, 0.3) is 0 Å². The summed E-state index contributed by atoms with van der Waals surface area (Å²) in [5, 5.41) is 10.5. The van der Waals surface area contributed by atoms with Gasteiger partial charge in [-0.3, -0.25) is 14.4 Å². The highest BCUT2D eigenvalue weighted by molar-refractivity contribution is 5.96. The monoisotopic (exact) mass is 526 g/mol. The number of hydrogen-bond acceptors (Lipinski definition) is 8. The summed E-state index contributed by atoms with van der Waals surface area (Å²) in [4.78, 5) is 50.2. The van der Waals surface area contributed by atoms with Crippen molar-refractivity contribution in [2.45, 2.75) is 86.2 Å². The lowest BCUT2D eigenvalue weighted by atomic mass is 9.37. The number of aliphatic hydroxyl groups excluding tert-OH is 1. The fraction of sp³-hybridized carbons (Fsp3) is 0.667. The predicted molar refractivity (Wildman–Crippen MR) is 136 cm³/mol. The molecule has 0 radical (unpaired) electrons. The number of carbonyl (C=O) groups is 4. The first kappa shape index (κ1) is 26.9. The number of carbonyl (C=O) groups excluding carboxylic acids is 4. The van der Waals surface area contributed by atoms with Crippen LogP contribution in [0.2, 0.25) is 0 Å². The fourth-order valence-corrected chi connectivity index (χ4v) is 9.30. The summed E-state index contributed by atoms with van der Waals surface area (Å²) in [5.41, 5.74) is -0.936. The quantitative estimate of drug-likeness (QED) is 0.335. The Bertz CT molecular complexity index is 1210. The van der Waals surface area contributed by atoms with Gasteiger partial charge in [-0.05, 0) is 48.0 Å². The van der Waals surface area contributed by atoms with Crippen LogP contribution < -0.4 is 0 Å². The van der Waals surface area contributed by atoms with E-state index in [1.807, 2.05) is 19.9 Å². The number of hydrogen-bond donors (Lipinski definition) is 1. The molecule has 9 unspecified atom stereocenters. The Labute approximate surface area is 223 Å². The Balaban J connectivity index is 1.70. The highest BCUT2D eigenvalue weighted by Gasteiger charge is 2.72. The SMILES string of the molecule is CC(=O)OC1C2C(C)(C)C(=O)C=CC2(C)C2CCC3(C)C(=CCC3C3=CC(=O)OC3O)C2(C)C1OC(C)=O. The van der Waals surface area contributed by atoms with Gasteiger partial charge in [0.15, 0.2) is 5.78 Å². The van der Waals surface area contributed by atoms with E-state index in [0.29, 0.717) is 12.0 Å². The van der Waals surface area contributed by atoms with E-state index in [4.69, 9.17) is 14.2 Å². The van der Waals surface area contributed by atoms with E-state index in [2.05, 4.69) is 26.8 Å². The number of cyclic esters (lactones) is 1. The van der Waals surface area contributed by atoms with Crippen molar-refractivity contribution in [3.63, 3.8) is 0 Å². The molecule has 1 aliphatic heterocycles. The predicted octanol–water partition coefficient (Wildman–Crippen LogP) is 3.82. The first-order valence-corrected chi connectivity index (χ1v) is 13.5. The molecule has 8 heteroatoms. The molecule has 4 aliphatic carbocycles. The number of rotatable bonds is 3. The second kappa shape index (κ2) is 8.38. The molecule has 1 N–H and O–H groups in total. The molecular formula is C30H38O8. The molecule has 0 aromatic carbocycles. The largest absolute Gasteiger partial charge is 0.458 e. The maximum atomic E-state index is 13.2. The van der Waals surface area contributed by atoms with Crippen molar-refractivity contribution < 1.29 is 38.5 Å². The van der Waals surface area contributed by atoms with Crippen molar-refractivity contribution in [3.05, 3.63) is 35.5 Å². The molecule has 38 heavy (non-hydrogen) atoms. The number of esters is 3. The van der Waals surface area contributed by atoms with E-state index in [1.165, 1.54) is 19.9 Å². The van der Waals surface area contributed by atoms with Crippen LogP contribution in [0.5, 0.6) is 0 Å². The molecule has 2 fully saturated rings. The van der Waals surface area contributed by atoms with Gasteiger partial charge in [-0.15, -0.1) is 0 Å². The summed E-state index contributed by atoms with van der Waals surface area (Å²) >= 11 is 0. The van der Waals surface area contributed by atoms with Crippen molar-refractivity contribution in [2.24, 2.45) is 39.4 Å². The summed E-state index contributed by atoms with van der Waals surface area (Å²) in [6, 6.07) is 0. The molecule has 1 heterocycles. The van der Waals surface area contributed by atoms with E-state index in [1.54, 1.807) is 6.08 Å². The number of ketones is 1. The molecule has 0 aromatic heterocycles. The zero-order chi connectivity index (χ0) is 28.0. The van der Waals surface area contributed by atoms with E-state index in [0.717, 1.165) is 18.4 Å². The number of allylic oxidation sites excluding steroid dienone is 3. The lowest BCUT2D eigenvalue weighted by molar-refractivity contribution is -0.237. The number of fused-ring (bicyclic) bond motifs is 5. The molecule has 0 amide bonds. The average Bonchev–Trinajstić information content (AvgIpc) is 3.31. The van der Waals surface area contributed by atoms with Gasteiger partial charge in [0.1, 0.15) is 12.2 Å². The van der Waals surface area contributed by atoms with Crippen LogP contribution in [-0.4, -0.2) is 47.3 Å². The van der Waals surface area contributed by atoms with Crippen molar-refractivity contribution in [3.8, 4) is 0 Å². The molecule has 206 valence electrons. The molecule has 0 saturated heterocycles. The van der Waals surface area contributed by atoms with Gasteiger partial charge in [-0.25, -0.2) is 4.79 Å². The Morgan fingerprint density at radius 3 is 2.29 bits per heavy atom. The van der Waals surface area contributed by atoms with Crippen LogP contribution in [0, 0.1) is 39.4 Å². The minimum atomic E-state index is -1.28. The minimum absolute atomic E-state index is 0.0294. The van der Waals surface area contributed by atoms with Crippen LogP contribution in [0.3, 0.4) is 0 Å². The summed E-state index contributed by atoms with van der Waals surface area (Å²) in [6.07, 6.45) is 6.37. The van der Waals surface area contributed by atoms with Crippen molar-refractivity contribution >= 4 is 23.7 Å². The molecule has 2 saturated carbocycles. The molecular weight excluding hydrogens is 488 g/mol. The fourth-order valence-electron chi connectivity index (χ4n) is 9.30. The van der Waals surface area contributed by atoms with E-state index < -0.39 is 64.0 Å². The van der Waals surface area contributed by atoms with Gasteiger partial charge in [0.2, 0.25) is 6.29 Å². The van der Waals surface area contributed by atoms with Crippen LogP contribution in [0.15, 0.2) is 35.5 Å². The van der Waals surface area contributed by atoms with Crippen LogP contribution in [-0.2, 0) is 33.4 Å². The maximum absolute atomic E-state index is 13.2. The third-order valence-electron chi connectivity index (χ3n) is 10.6. The zero-order valence-corrected chi connectivity index (χ0v) is 23.2. The van der Waals surface area contributed by atoms with E-state index >= 15 is 0 Å².